The molecule has 1 aromatic carbocycles. The molecule has 7 nitrogen and oxygen atoms in total. The summed E-state index contributed by atoms with van der Waals surface area (Å²) in [5, 5.41) is 24.4. The standard InChI is InChI=1S/C20H20N6OS2/c1-26-8-7-14-12(10-26)9-13-15(21)16(28-19(13)22-14)17(27)23-20-25-24-18(29-20)11-5-3-2-4-6-11/h2-6,9,17,27H,7-8,10,21H2,1H3,(H,23,25). The predicted octanol–water partition coefficient (Wildman–Crippen LogP) is 3.49. The van der Waals surface area contributed by atoms with Gasteiger partial charge < -0.3 is 21.1 Å². The van der Waals surface area contributed by atoms with Crippen LogP contribution in [0.15, 0.2) is 36.4 Å². The maximum absolute atomic E-state index is 10.8. The third-order valence-electron chi connectivity index (χ3n) is 5.04. The molecular formula is C20H20N6OS2. The molecule has 0 saturated carbocycles. The summed E-state index contributed by atoms with van der Waals surface area (Å²) < 4.78 is 0. The van der Waals surface area contributed by atoms with Gasteiger partial charge in [0.1, 0.15) is 9.84 Å². The minimum atomic E-state index is -0.967. The molecule has 1 aliphatic heterocycles. The van der Waals surface area contributed by atoms with E-state index in [0.717, 1.165) is 46.0 Å². The zero-order valence-electron chi connectivity index (χ0n) is 15.8. The maximum Gasteiger partial charge on any atom is 0.208 e. The number of pyridine rings is 1. The van der Waals surface area contributed by atoms with Gasteiger partial charge in [-0.2, -0.15) is 0 Å². The number of hydrogen-bond donors (Lipinski definition) is 3. The Morgan fingerprint density at radius 1 is 1.21 bits per heavy atom. The fraction of sp³-hybridized carbons (Fsp3) is 0.250. The molecule has 5 rings (SSSR count). The SMILES string of the molecule is CN1CCc2nc3sc(C(O)Nc4nnc(-c5ccccc5)s4)c(N)c3cc2C1. The zero-order chi connectivity index (χ0) is 20.0. The fourth-order valence-electron chi connectivity index (χ4n) is 3.52. The molecule has 1 unspecified atom stereocenters. The monoisotopic (exact) mass is 424 g/mol. The van der Waals surface area contributed by atoms with Crippen LogP contribution in [0.3, 0.4) is 0 Å². The molecule has 148 valence electrons. The number of aliphatic hydroxyl groups excluding tert-OH is 1. The smallest absolute Gasteiger partial charge is 0.208 e. The number of aromatic nitrogens is 3. The number of likely N-dealkylation sites (N-methyl/N-ethyl adjacent to an activating group) is 1. The van der Waals surface area contributed by atoms with E-state index in [1.807, 2.05) is 30.3 Å². The molecule has 3 aromatic heterocycles. The summed E-state index contributed by atoms with van der Waals surface area (Å²) in [6, 6.07) is 12.0. The van der Waals surface area contributed by atoms with Crippen LogP contribution in [-0.4, -0.2) is 38.8 Å². The fourth-order valence-corrected chi connectivity index (χ4v) is 5.33. The number of nitrogens with zero attached hydrogens (tertiary/aromatic N) is 4. The quantitative estimate of drug-likeness (QED) is 0.431. The van der Waals surface area contributed by atoms with Crippen LogP contribution in [0.2, 0.25) is 0 Å². The summed E-state index contributed by atoms with van der Waals surface area (Å²) in [6.07, 6.45) is -0.0339. The third-order valence-corrected chi connectivity index (χ3v) is 7.11. The van der Waals surface area contributed by atoms with Crippen molar-refractivity contribution >= 4 is 43.7 Å². The zero-order valence-corrected chi connectivity index (χ0v) is 17.4. The van der Waals surface area contributed by atoms with E-state index in [-0.39, 0.29) is 0 Å². The minimum Gasteiger partial charge on any atom is -0.397 e. The molecule has 4 aromatic rings. The maximum atomic E-state index is 10.8. The molecule has 4 N–H and O–H groups in total. The normalized spacial score (nSPS) is 15.4. The van der Waals surface area contributed by atoms with Crippen LogP contribution in [0.1, 0.15) is 22.4 Å². The second-order valence-corrected chi connectivity index (χ2v) is 9.15. The number of anilines is 2. The van der Waals surface area contributed by atoms with Gasteiger partial charge in [-0.05, 0) is 18.7 Å². The first-order valence-corrected chi connectivity index (χ1v) is 10.9. The van der Waals surface area contributed by atoms with E-state index in [2.05, 4.69) is 33.5 Å². The first-order valence-electron chi connectivity index (χ1n) is 9.31. The highest BCUT2D eigenvalue weighted by Crippen LogP contribution is 2.39. The van der Waals surface area contributed by atoms with Crippen molar-refractivity contribution in [2.75, 3.05) is 24.6 Å². The molecule has 29 heavy (non-hydrogen) atoms. The van der Waals surface area contributed by atoms with Crippen molar-refractivity contribution in [3.05, 3.63) is 52.5 Å². The number of nitrogen functional groups attached to an aromatic ring is 1. The van der Waals surface area contributed by atoms with Crippen LogP contribution in [0.25, 0.3) is 20.8 Å². The Morgan fingerprint density at radius 2 is 2.03 bits per heavy atom. The van der Waals surface area contributed by atoms with E-state index in [0.29, 0.717) is 15.7 Å². The van der Waals surface area contributed by atoms with Crippen molar-refractivity contribution in [3.8, 4) is 10.6 Å². The number of nitrogens with one attached hydrogen (secondary N) is 1. The van der Waals surface area contributed by atoms with Gasteiger partial charge in [-0.25, -0.2) is 4.98 Å². The van der Waals surface area contributed by atoms with E-state index < -0.39 is 6.23 Å². The Labute approximate surface area is 175 Å². The topological polar surface area (TPSA) is 100 Å². The van der Waals surface area contributed by atoms with Gasteiger partial charge in [-0.3, -0.25) is 0 Å². The first-order chi connectivity index (χ1) is 14.1. The summed E-state index contributed by atoms with van der Waals surface area (Å²) in [5.74, 6) is 0. The van der Waals surface area contributed by atoms with Gasteiger partial charge >= 0.3 is 0 Å². The largest absolute Gasteiger partial charge is 0.397 e. The second-order valence-electron chi connectivity index (χ2n) is 7.14. The number of nitrogens with two attached hydrogens (primary N) is 1. The van der Waals surface area contributed by atoms with E-state index in [4.69, 9.17) is 10.7 Å². The third kappa shape index (κ3) is 3.46. The van der Waals surface area contributed by atoms with Crippen molar-refractivity contribution in [3.63, 3.8) is 0 Å². The first kappa shape index (κ1) is 18.4. The molecule has 0 radical (unpaired) electrons. The summed E-state index contributed by atoms with van der Waals surface area (Å²) in [7, 11) is 2.11. The second kappa shape index (κ2) is 7.34. The number of hydrogen-bond acceptors (Lipinski definition) is 9. The van der Waals surface area contributed by atoms with E-state index in [1.165, 1.54) is 28.2 Å². The molecule has 0 saturated heterocycles. The van der Waals surface area contributed by atoms with Crippen molar-refractivity contribution in [1.29, 1.82) is 0 Å². The summed E-state index contributed by atoms with van der Waals surface area (Å²) in [5.41, 5.74) is 10.3. The Kier molecular flexibility index (Phi) is 4.67. The van der Waals surface area contributed by atoms with Gasteiger partial charge in [0.15, 0.2) is 6.23 Å². The van der Waals surface area contributed by atoms with Crippen LogP contribution < -0.4 is 11.1 Å². The molecular weight excluding hydrogens is 404 g/mol. The predicted molar refractivity (Wildman–Crippen MR) is 118 cm³/mol. The molecule has 1 atom stereocenters. The lowest BCUT2D eigenvalue weighted by Crippen LogP contribution is -2.27. The highest BCUT2D eigenvalue weighted by Gasteiger charge is 2.22. The van der Waals surface area contributed by atoms with Crippen LogP contribution in [0, 0.1) is 0 Å². The molecule has 0 spiro atoms. The van der Waals surface area contributed by atoms with Gasteiger partial charge in [0, 0.05) is 36.2 Å². The summed E-state index contributed by atoms with van der Waals surface area (Å²) in [6.45, 7) is 1.88. The Morgan fingerprint density at radius 3 is 2.86 bits per heavy atom. The lowest BCUT2D eigenvalue weighted by Gasteiger charge is -2.24. The Balaban J connectivity index is 1.42. The molecule has 0 fully saturated rings. The number of aliphatic hydroxyl groups is 1. The summed E-state index contributed by atoms with van der Waals surface area (Å²) >= 11 is 2.81. The van der Waals surface area contributed by atoms with Crippen LogP contribution >= 0.6 is 22.7 Å². The van der Waals surface area contributed by atoms with Crippen LogP contribution in [0.4, 0.5) is 10.8 Å². The van der Waals surface area contributed by atoms with Gasteiger partial charge in [0.05, 0.1) is 10.6 Å². The molecule has 0 bridgehead atoms. The van der Waals surface area contributed by atoms with E-state index in [9.17, 15) is 5.11 Å². The van der Waals surface area contributed by atoms with Gasteiger partial charge in [-0.1, -0.05) is 41.7 Å². The lowest BCUT2D eigenvalue weighted by atomic mass is 10.0. The Hall–Kier alpha value is -2.59. The van der Waals surface area contributed by atoms with Gasteiger partial charge in [0.2, 0.25) is 5.13 Å². The highest BCUT2D eigenvalue weighted by atomic mass is 32.1. The summed E-state index contributed by atoms with van der Waals surface area (Å²) in [4.78, 5) is 8.60. The van der Waals surface area contributed by atoms with Crippen molar-refractivity contribution in [2.45, 2.75) is 19.2 Å². The van der Waals surface area contributed by atoms with Gasteiger partial charge in [0.25, 0.3) is 0 Å². The molecule has 1 aliphatic rings. The van der Waals surface area contributed by atoms with Crippen LogP contribution in [0.5, 0.6) is 0 Å². The van der Waals surface area contributed by atoms with Crippen molar-refractivity contribution < 1.29 is 5.11 Å². The average molecular weight is 425 g/mol. The number of fused-ring (bicyclic) bond motifs is 2. The van der Waals surface area contributed by atoms with Crippen molar-refractivity contribution in [1.82, 2.24) is 20.1 Å². The lowest BCUT2D eigenvalue weighted by molar-refractivity contribution is 0.212. The van der Waals surface area contributed by atoms with Crippen molar-refractivity contribution in [2.24, 2.45) is 0 Å². The minimum absolute atomic E-state index is 0.544. The van der Waals surface area contributed by atoms with Crippen LogP contribution in [-0.2, 0) is 13.0 Å². The number of benzene rings is 1. The van der Waals surface area contributed by atoms with Gasteiger partial charge in [-0.15, -0.1) is 21.5 Å². The molecule has 0 amide bonds. The Bertz CT molecular complexity index is 1170. The number of rotatable bonds is 4. The molecule has 4 heterocycles. The van der Waals surface area contributed by atoms with E-state index in [1.54, 1.807) is 0 Å². The average Bonchev–Trinajstić information content (AvgIpc) is 3.32. The highest BCUT2D eigenvalue weighted by molar-refractivity contribution is 7.19. The van der Waals surface area contributed by atoms with E-state index >= 15 is 0 Å². The number of thiophene rings is 1. The molecule has 0 aliphatic carbocycles. The molecule has 9 heteroatoms.